The van der Waals surface area contributed by atoms with Crippen molar-refractivity contribution in [3.05, 3.63) is 64.4 Å². The molecule has 1 unspecified atom stereocenters. The second-order valence-electron chi connectivity index (χ2n) is 4.10. The topological polar surface area (TPSA) is 53.2 Å². The molecule has 0 aliphatic carbocycles. The van der Waals surface area contributed by atoms with E-state index in [2.05, 4.69) is 0 Å². The number of nitrogens with zero attached hydrogens (tertiary/aromatic N) is 1. The maximum Gasteiger partial charge on any atom is 0.144 e. The Kier molecular flexibility index (Phi) is 4.57. The quantitative estimate of drug-likeness (QED) is 0.938. The van der Waals surface area contributed by atoms with Crippen LogP contribution in [0.5, 0.6) is 5.75 Å². The van der Waals surface area contributed by atoms with E-state index in [9.17, 15) is 9.50 Å². The lowest BCUT2D eigenvalue weighted by atomic mass is 10.1. The zero-order valence-corrected chi connectivity index (χ0v) is 11.1. The molecule has 2 aromatic rings. The summed E-state index contributed by atoms with van der Waals surface area (Å²) in [5.74, 6) is -0.536. The van der Waals surface area contributed by atoms with E-state index in [1.165, 1.54) is 18.2 Å². The van der Waals surface area contributed by atoms with Crippen LogP contribution < -0.4 is 4.74 Å². The maximum absolute atomic E-state index is 13.4. The fourth-order valence-electron chi connectivity index (χ4n) is 1.68. The third-order valence-electron chi connectivity index (χ3n) is 2.74. The minimum absolute atomic E-state index is 0.0836. The van der Waals surface area contributed by atoms with E-state index in [1.54, 1.807) is 30.3 Å². The second kappa shape index (κ2) is 6.38. The molecule has 0 saturated carbocycles. The fraction of sp³-hybridized carbons (Fsp3) is 0.133. The Morgan fingerprint density at radius 2 is 1.95 bits per heavy atom. The van der Waals surface area contributed by atoms with Gasteiger partial charge < -0.3 is 9.84 Å². The van der Waals surface area contributed by atoms with Crippen LogP contribution in [0.25, 0.3) is 0 Å². The van der Waals surface area contributed by atoms with Crippen molar-refractivity contribution in [1.29, 1.82) is 5.26 Å². The van der Waals surface area contributed by atoms with E-state index >= 15 is 0 Å². The first-order valence-corrected chi connectivity index (χ1v) is 6.24. The molecule has 2 rings (SSSR count). The lowest BCUT2D eigenvalue weighted by molar-refractivity contribution is 0.108. The smallest absolute Gasteiger partial charge is 0.144 e. The number of nitriles is 1. The summed E-state index contributed by atoms with van der Waals surface area (Å²) >= 11 is 5.76. The van der Waals surface area contributed by atoms with Gasteiger partial charge in [-0.3, -0.25) is 0 Å². The Morgan fingerprint density at radius 1 is 1.25 bits per heavy atom. The normalized spacial score (nSPS) is 11.7. The molecule has 0 amide bonds. The predicted octanol–water partition coefficient (Wildman–Crippen LogP) is 3.46. The molecule has 0 radical (unpaired) electrons. The summed E-state index contributed by atoms with van der Waals surface area (Å²) in [7, 11) is 0. The number of hydrogen-bond acceptors (Lipinski definition) is 3. The molecular weight excluding hydrogens is 281 g/mol. The highest BCUT2D eigenvalue weighted by Gasteiger charge is 2.12. The lowest BCUT2D eigenvalue weighted by Gasteiger charge is -2.13. The highest BCUT2D eigenvalue weighted by molar-refractivity contribution is 6.30. The van der Waals surface area contributed by atoms with Crippen LogP contribution >= 0.6 is 11.6 Å². The third-order valence-corrected chi connectivity index (χ3v) is 2.99. The van der Waals surface area contributed by atoms with Gasteiger partial charge in [-0.1, -0.05) is 29.8 Å². The van der Waals surface area contributed by atoms with Gasteiger partial charge in [0.15, 0.2) is 0 Å². The zero-order chi connectivity index (χ0) is 14.5. The molecule has 0 saturated heterocycles. The van der Waals surface area contributed by atoms with Crippen molar-refractivity contribution in [3.8, 4) is 11.8 Å². The maximum atomic E-state index is 13.4. The van der Waals surface area contributed by atoms with Crippen LogP contribution in [0, 0.1) is 17.1 Å². The van der Waals surface area contributed by atoms with Crippen molar-refractivity contribution in [2.75, 3.05) is 6.61 Å². The first kappa shape index (κ1) is 14.3. The second-order valence-corrected chi connectivity index (χ2v) is 4.54. The van der Waals surface area contributed by atoms with E-state index in [-0.39, 0.29) is 17.9 Å². The Morgan fingerprint density at radius 3 is 2.60 bits per heavy atom. The van der Waals surface area contributed by atoms with Gasteiger partial charge >= 0.3 is 0 Å². The highest BCUT2D eigenvalue weighted by Crippen LogP contribution is 2.23. The standard InChI is InChI=1S/C15H11ClFNO2/c16-11-6-4-10(5-7-11)14(19)9-20-15-3-1-2-13(17)12(15)8-18/h1-7,14,19H,9H2. The summed E-state index contributed by atoms with van der Waals surface area (Å²) in [5, 5.41) is 19.4. The monoisotopic (exact) mass is 291 g/mol. The van der Waals surface area contributed by atoms with Gasteiger partial charge in [-0.2, -0.15) is 5.26 Å². The molecule has 0 aromatic heterocycles. The average molecular weight is 292 g/mol. The molecular formula is C15H11ClFNO2. The number of hydrogen-bond donors (Lipinski definition) is 1. The van der Waals surface area contributed by atoms with Gasteiger partial charge in [0.2, 0.25) is 0 Å². The van der Waals surface area contributed by atoms with E-state index in [0.717, 1.165) is 0 Å². The molecule has 102 valence electrons. The molecule has 0 fully saturated rings. The Labute approximate surface area is 120 Å². The summed E-state index contributed by atoms with van der Waals surface area (Å²) in [6.07, 6.45) is -0.887. The van der Waals surface area contributed by atoms with E-state index in [1.807, 2.05) is 0 Å². The van der Waals surface area contributed by atoms with Gasteiger partial charge in [0.05, 0.1) is 0 Å². The molecule has 1 N–H and O–H groups in total. The van der Waals surface area contributed by atoms with Gasteiger partial charge in [-0.05, 0) is 29.8 Å². The zero-order valence-electron chi connectivity index (χ0n) is 10.4. The number of aliphatic hydroxyl groups is 1. The fourth-order valence-corrected chi connectivity index (χ4v) is 1.81. The number of aliphatic hydroxyl groups excluding tert-OH is 1. The predicted molar refractivity (Wildman–Crippen MR) is 73.0 cm³/mol. The molecule has 0 aliphatic heterocycles. The largest absolute Gasteiger partial charge is 0.489 e. The molecule has 2 aromatic carbocycles. The van der Waals surface area contributed by atoms with Crippen molar-refractivity contribution in [3.63, 3.8) is 0 Å². The van der Waals surface area contributed by atoms with Gasteiger partial charge in [0.1, 0.15) is 35.9 Å². The van der Waals surface area contributed by atoms with Gasteiger partial charge in [-0.25, -0.2) is 4.39 Å². The van der Waals surface area contributed by atoms with Crippen molar-refractivity contribution >= 4 is 11.6 Å². The van der Waals surface area contributed by atoms with Crippen LogP contribution in [0.4, 0.5) is 4.39 Å². The Hall–Kier alpha value is -2.09. The van der Waals surface area contributed by atoms with Gasteiger partial charge in [0.25, 0.3) is 0 Å². The molecule has 0 heterocycles. The first-order valence-electron chi connectivity index (χ1n) is 5.86. The molecule has 5 heteroatoms. The van der Waals surface area contributed by atoms with Crippen molar-refractivity contribution in [2.24, 2.45) is 0 Å². The highest BCUT2D eigenvalue weighted by atomic mass is 35.5. The van der Waals surface area contributed by atoms with Crippen LogP contribution in [-0.4, -0.2) is 11.7 Å². The van der Waals surface area contributed by atoms with Crippen LogP contribution in [-0.2, 0) is 0 Å². The number of ether oxygens (including phenoxy) is 1. The molecule has 0 bridgehead atoms. The molecule has 3 nitrogen and oxygen atoms in total. The Bertz CT molecular complexity index is 637. The SMILES string of the molecule is N#Cc1c(F)cccc1OCC(O)c1ccc(Cl)cc1. The van der Waals surface area contributed by atoms with Crippen molar-refractivity contribution in [1.82, 2.24) is 0 Å². The number of benzene rings is 2. The molecule has 0 aliphatic rings. The van der Waals surface area contributed by atoms with E-state index < -0.39 is 11.9 Å². The van der Waals surface area contributed by atoms with Gasteiger partial charge in [-0.15, -0.1) is 0 Å². The van der Waals surface area contributed by atoms with Crippen LogP contribution in [0.2, 0.25) is 5.02 Å². The summed E-state index contributed by atoms with van der Waals surface area (Å²) < 4.78 is 18.7. The minimum atomic E-state index is -0.887. The summed E-state index contributed by atoms with van der Waals surface area (Å²) in [5.41, 5.74) is 0.458. The summed E-state index contributed by atoms with van der Waals surface area (Å²) in [6.45, 7) is -0.0836. The average Bonchev–Trinajstić information content (AvgIpc) is 2.45. The minimum Gasteiger partial charge on any atom is -0.489 e. The van der Waals surface area contributed by atoms with Crippen molar-refractivity contribution < 1.29 is 14.2 Å². The number of halogens is 2. The Balaban J connectivity index is 2.07. The van der Waals surface area contributed by atoms with Crippen LogP contribution in [0.1, 0.15) is 17.2 Å². The summed E-state index contributed by atoms with van der Waals surface area (Å²) in [6, 6.07) is 12.5. The van der Waals surface area contributed by atoms with Gasteiger partial charge in [0, 0.05) is 5.02 Å². The van der Waals surface area contributed by atoms with Crippen molar-refractivity contribution in [2.45, 2.75) is 6.10 Å². The van der Waals surface area contributed by atoms with Crippen LogP contribution in [0.3, 0.4) is 0 Å². The lowest BCUT2D eigenvalue weighted by Crippen LogP contribution is -2.10. The van der Waals surface area contributed by atoms with E-state index in [4.69, 9.17) is 21.6 Å². The van der Waals surface area contributed by atoms with Crippen LogP contribution in [0.15, 0.2) is 42.5 Å². The molecule has 0 spiro atoms. The first-order chi connectivity index (χ1) is 9.61. The molecule has 1 atom stereocenters. The third kappa shape index (κ3) is 3.27. The summed E-state index contributed by atoms with van der Waals surface area (Å²) in [4.78, 5) is 0. The van der Waals surface area contributed by atoms with E-state index in [0.29, 0.717) is 10.6 Å². The number of rotatable bonds is 4. The molecule has 20 heavy (non-hydrogen) atoms.